The molecule has 2 heterocycles. The van der Waals surface area contributed by atoms with Crippen LogP contribution < -0.4 is 10.5 Å². The Balaban J connectivity index is 1.73. The van der Waals surface area contributed by atoms with Crippen molar-refractivity contribution in [3.05, 3.63) is 57.5 Å². The van der Waals surface area contributed by atoms with Gasteiger partial charge in [0, 0.05) is 25.2 Å². The zero-order valence-corrected chi connectivity index (χ0v) is 16.4. The fraction of sp³-hybridized carbons (Fsp3) is 0.476. The summed E-state index contributed by atoms with van der Waals surface area (Å²) in [5.41, 5.74) is 3.75. The van der Waals surface area contributed by atoms with Gasteiger partial charge in [-0.25, -0.2) is 5.10 Å². The van der Waals surface area contributed by atoms with Crippen LogP contribution in [0.15, 0.2) is 35.3 Å². The van der Waals surface area contributed by atoms with Gasteiger partial charge in [-0.05, 0) is 36.8 Å². The maximum atomic E-state index is 12.7. The van der Waals surface area contributed by atoms with Gasteiger partial charge in [-0.2, -0.15) is 5.10 Å². The quantitative estimate of drug-likeness (QED) is 0.851. The summed E-state index contributed by atoms with van der Waals surface area (Å²) in [6.45, 7) is 8.62. The van der Waals surface area contributed by atoms with Crippen molar-refractivity contribution in [1.82, 2.24) is 15.1 Å². The van der Waals surface area contributed by atoms with Gasteiger partial charge in [0.1, 0.15) is 0 Å². The monoisotopic (exact) mass is 368 g/mol. The SMILES string of the molecule is Cc1ccccc1CN1CCN(c2cn[nH]c(=O)c2CCC(C)C)CC1=O. The van der Waals surface area contributed by atoms with E-state index in [9.17, 15) is 9.59 Å². The Kier molecular flexibility index (Phi) is 5.94. The summed E-state index contributed by atoms with van der Waals surface area (Å²) in [6.07, 6.45) is 3.31. The molecule has 144 valence electrons. The number of piperazine rings is 1. The van der Waals surface area contributed by atoms with E-state index >= 15 is 0 Å². The van der Waals surface area contributed by atoms with E-state index in [2.05, 4.69) is 43.1 Å². The molecule has 1 aromatic carbocycles. The van der Waals surface area contributed by atoms with Crippen molar-refractivity contribution in [3.63, 3.8) is 0 Å². The number of amides is 1. The predicted molar refractivity (Wildman–Crippen MR) is 107 cm³/mol. The Morgan fingerprint density at radius 1 is 1.19 bits per heavy atom. The topological polar surface area (TPSA) is 69.3 Å². The molecule has 6 nitrogen and oxygen atoms in total. The highest BCUT2D eigenvalue weighted by molar-refractivity contribution is 5.83. The fourth-order valence-corrected chi connectivity index (χ4v) is 3.44. The number of hydrogen-bond acceptors (Lipinski definition) is 4. The number of benzene rings is 1. The van der Waals surface area contributed by atoms with Crippen LogP contribution in [0.3, 0.4) is 0 Å². The van der Waals surface area contributed by atoms with Crippen LogP contribution in [0.2, 0.25) is 0 Å². The van der Waals surface area contributed by atoms with Gasteiger partial charge in [-0.3, -0.25) is 9.59 Å². The molecule has 0 radical (unpaired) electrons. The number of aromatic amines is 1. The molecule has 0 atom stereocenters. The maximum absolute atomic E-state index is 12.7. The molecule has 0 unspecified atom stereocenters. The molecule has 1 aromatic heterocycles. The van der Waals surface area contributed by atoms with Crippen LogP contribution in [0.25, 0.3) is 0 Å². The zero-order chi connectivity index (χ0) is 19.4. The van der Waals surface area contributed by atoms with Crippen molar-refractivity contribution >= 4 is 11.6 Å². The highest BCUT2D eigenvalue weighted by atomic mass is 16.2. The number of carbonyl (C=O) groups is 1. The van der Waals surface area contributed by atoms with Crippen molar-refractivity contribution in [2.75, 3.05) is 24.5 Å². The van der Waals surface area contributed by atoms with E-state index in [4.69, 9.17) is 0 Å². The molecule has 1 N–H and O–H groups in total. The molecule has 0 bridgehead atoms. The van der Waals surface area contributed by atoms with Gasteiger partial charge >= 0.3 is 0 Å². The lowest BCUT2D eigenvalue weighted by molar-refractivity contribution is -0.131. The summed E-state index contributed by atoms with van der Waals surface area (Å²) in [6, 6.07) is 8.15. The first-order chi connectivity index (χ1) is 13.0. The van der Waals surface area contributed by atoms with Crippen LogP contribution in [0.4, 0.5) is 5.69 Å². The minimum absolute atomic E-state index is 0.0830. The van der Waals surface area contributed by atoms with Crippen LogP contribution in [0, 0.1) is 12.8 Å². The summed E-state index contributed by atoms with van der Waals surface area (Å²) < 4.78 is 0. The number of nitrogens with one attached hydrogen (secondary N) is 1. The first-order valence-corrected chi connectivity index (χ1v) is 9.59. The van der Waals surface area contributed by atoms with Gasteiger partial charge in [-0.1, -0.05) is 38.1 Å². The smallest absolute Gasteiger partial charge is 0.269 e. The number of aryl methyl sites for hydroxylation is 1. The van der Waals surface area contributed by atoms with Gasteiger partial charge in [0.05, 0.1) is 18.4 Å². The second kappa shape index (κ2) is 8.37. The molecule has 27 heavy (non-hydrogen) atoms. The minimum atomic E-state index is -0.150. The van der Waals surface area contributed by atoms with Crippen LogP contribution in [0.5, 0.6) is 0 Å². The molecular weight excluding hydrogens is 340 g/mol. The van der Waals surface area contributed by atoms with Crippen molar-refractivity contribution in [2.24, 2.45) is 5.92 Å². The first kappa shape index (κ1) is 19.1. The number of aromatic nitrogens is 2. The number of nitrogens with zero attached hydrogens (tertiary/aromatic N) is 3. The minimum Gasteiger partial charge on any atom is -0.359 e. The molecule has 0 spiro atoms. The summed E-state index contributed by atoms with van der Waals surface area (Å²) >= 11 is 0. The van der Waals surface area contributed by atoms with E-state index < -0.39 is 0 Å². The van der Waals surface area contributed by atoms with Crippen LogP contribution in [-0.2, 0) is 17.8 Å². The van der Waals surface area contributed by atoms with Gasteiger partial charge < -0.3 is 9.80 Å². The van der Waals surface area contributed by atoms with Crippen LogP contribution in [-0.4, -0.2) is 40.6 Å². The normalized spacial score (nSPS) is 14.9. The number of H-pyrrole nitrogens is 1. The molecule has 1 aliphatic heterocycles. The Morgan fingerprint density at radius 2 is 1.96 bits per heavy atom. The number of carbonyl (C=O) groups excluding carboxylic acids is 1. The van der Waals surface area contributed by atoms with E-state index in [-0.39, 0.29) is 18.0 Å². The molecule has 1 saturated heterocycles. The fourth-order valence-electron chi connectivity index (χ4n) is 3.44. The lowest BCUT2D eigenvalue weighted by atomic mass is 10.0. The molecule has 3 rings (SSSR count). The van der Waals surface area contributed by atoms with Crippen LogP contribution >= 0.6 is 0 Å². The molecule has 0 aliphatic carbocycles. The van der Waals surface area contributed by atoms with Crippen molar-refractivity contribution in [3.8, 4) is 0 Å². The number of rotatable bonds is 6. The Hall–Kier alpha value is -2.63. The number of anilines is 1. The summed E-state index contributed by atoms with van der Waals surface area (Å²) in [5.74, 6) is 0.595. The largest absolute Gasteiger partial charge is 0.359 e. The lowest BCUT2D eigenvalue weighted by Crippen LogP contribution is -2.50. The molecule has 6 heteroatoms. The Bertz CT molecular complexity index is 859. The molecular formula is C21H28N4O2. The third-order valence-corrected chi connectivity index (χ3v) is 5.19. The second-order valence-corrected chi connectivity index (χ2v) is 7.66. The highest BCUT2D eigenvalue weighted by Crippen LogP contribution is 2.22. The average molecular weight is 368 g/mol. The molecule has 1 fully saturated rings. The Morgan fingerprint density at radius 3 is 2.67 bits per heavy atom. The third kappa shape index (κ3) is 4.56. The summed E-state index contributed by atoms with van der Waals surface area (Å²) in [5, 5.41) is 6.50. The van der Waals surface area contributed by atoms with E-state index in [1.807, 2.05) is 21.9 Å². The first-order valence-electron chi connectivity index (χ1n) is 9.59. The lowest BCUT2D eigenvalue weighted by Gasteiger charge is -2.36. The molecule has 2 aromatic rings. The second-order valence-electron chi connectivity index (χ2n) is 7.66. The molecule has 0 saturated carbocycles. The van der Waals surface area contributed by atoms with Crippen molar-refractivity contribution in [2.45, 2.75) is 40.2 Å². The zero-order valence-electron chi connectivity index (χ0n) is 16.4. The van der Waals surface area contributed by atoms with E-state index in [1.165, 1.54) is 11.1 Å². The van der Waals surface area contributed by atoms with Gasteiger partial charge in [0.15, 0.2) is 0 Å². The highest BCUT2D eigenvalue weighted by Gasteiger charge is 2.26. The van der Waals surface area contributed by atoms with Crippen LogP contribution in [0.1, 0.15) is 37.0 Å². The standard InChI is InChI=1S/C21H28N4O2/c1-15(2)8-9-18-19(12-22-23-21(18)27)24-10-11-25(20(26)14-24)13-17-7-5-4-6-16(17)3/h4-7,12,15H,8-11,13-14H2,1-3H3,(H,23,27). The van der Waals surface area contributed by atoms with E-state index in [0.717, 1.165) is 17.7 Å². The molecule has 1 aliphatic rings. The van der Waals surface area contributed by atoms with Gasteiger partial charge in [0.2, 0.25) is 5.91 Å². The van der Waals surface area contributed by atoms with E-state index in [1.54, 1.807) is 6.20 Å². The molecule has 1 amide bonds. The van der Waals surface area contributed by atoms with Gasteiger partial charge in [-0.15, -0.1) is 0 Å². The predicted octanol–water partition coefficient (Wildman–Crippen LogP) is 2.52. The maximum Gasteiger partial charge on any atom is 0.269 e. The summed E-state index contributed by atoms with van der Waals surface area (Å²) in [7, 11) is 0. The number of hydrogen-bond donors (Lipinski definition) is 1. The van der Waals surface area contributed by atoms with Crippen molar-refractivity contribution in [1.29, 1.82) is 0 Å². The summed E-state index contributed by atoms with van der Waals surface area (Å²) in [4.78, 5) is 28.9. The van der Waals surface area contributed by atoms with Gasteiger partial charge in [0.25, 0.3) is 5.56 Å². The third-order valence-electron chi connectivity index (χ3n) is 5.19. The van der Waals surface area contributed by atoms with Crippen molar-refractivity contribution < 1.29 is 4.79 Å². The Labute approximate surface area is 160 Å². The average Bonchev–Trinajstić information content (AvgIpc) is 2.64. The van der Waals surface area contributed by atoms with E-state index in [0.29, 0.717) is 32.0 Å².